The number of benzene rings is 1. The van der Waals surface area contributed by atoms with Gasteiger partial charge in [-0.1, -0.05) is 43.0 Å². The van der Waals surface area contributed by atoms with Crippen molar-refractivity contribution in [3.8, 4) is 0 Å². The molecule has 25 heavy (non-hydrogen) atoms. The molecule has 0 bridgehead atoms. The summed E-state index contributed by atoms with van der Waals surface area (Å²) in [6.45, 7) is 7.90. The Bertz CT molecular complexity index is 776. The van der Waals surface area contributed by atoms with E-state index in [9.17, 15) is 9.59 Å². The summed E-state index contributed by atoms with van der Waals surface area (Å²) < 4.78 is 0.643. The van der Waals surface area contributed by atoms with E-state index in [1.165, 1.54) is 34.2 Å². The molecule has 0 aliphatic rings. The summed E-state index contributed by atoms with van der Waals surface area (Å²) in [5.74, 6) is -0.421. The topological polar surface area (TPSA) is 110 Å². The van der Waals surface area contributed by atoms with Crippen molar-refractivity contribution in [1.29, 1.82) is 0 Å². The zero-order valence-corrected chi connectivity index (χ0v) is 16.1. The number of urea groups is 1. The maximum atomic E-state index is 12.1. The lowest BCUT2D eigenvalue weighted by molar-refractivity contribution is -0.120. The summed E-state index contributed by atoms with van der Waals surface area (Å²) in [7, 11) is 0. The van der Waals surface area contributed by atoms with Crippen molar-refractivity contribution < 1.29 is 9.59 Å². The molecule has 2 rings (SSSR count). The Kier molecular flexibility index (Phi) is 6.38. The third-order valence-electron chi connectivity index (χ3n) is 3.50. The molecule has 3 amide bonds. The zero-order valence-electron chi connectivity index (χ0n) is 14.5. The number of hydrogen-bond acceptors (Lipinski definition) is 7. The Morgan fingerprint density at radius 3 is 2.52 bits per heavy atom. The lowest BCUT2D eigenvalue weighted by Gasteiger charge is -2.16. The van der Waals surface area contributed by atoms with Crippen LogP contribution in [-0.4, -0.2) is 27.4 Å². The largest absolute Gasteiger partial charge is 0.351 e. The van der Waals surface area contributed by atoms with Gasteiger partial charge in [0.25, 0.3) is 0 Å². The maximum absolute atomic E-state index is 12.1. The van der Waals surface area contributed by atoms with Gasteiger partial charge in [-0.3, -0.25) is 10.1 Å². The number of imide groups is 1. The van der Waals surface area contributed by atoms with E-state index in [2.05, 4.69) is 27.8 Å². The van der Waals surface area contributed by atoms with E-state index in [1.54, 1.807) is 0 Å². The van der Waals surface area contributed by atoms with Crippen molar-refractivity contribution >= 4 is 45.9 Å². The van der Waals surface area contributed by atoms with Gasteiger partial charge in [-0.25, -0.2) is 4.79 Å². The molecule has 0 saturated heterocycles. The van der Waals surface area contributed by atoms with E-state index in [-0.39, 0.29) is 5.92 Å². The van der Waals surface area contributed by atoms with Gasteiger partial charge in [-0.15, -0.1) is 10.2 Å². The van der Waals surface area contributed by atoms with E-state index in [0.717, 1.165) is 5.69 Å². The van der Waals surface area contributed by atoms with Crippen LogP contribution in [-0.2, 0) is 4.79 Å². The van der Waals surface area contributed by atoms with Crippen LogP contribution in [0.1, 0.15) is 25.0 Å². The molecular formula is C16H21N5O2S2. The van der Waals surface area contributed by atoms with Crippen LogP contribution >= 0.6 is 23.1 Å². The zero-order chi connectivity index (χ0) is 18.6. The fraction of sp³-hybridized carbons (Fsp3) is 0.375. The summed E-state index contributed by atoms with van der Waals surface area (Å²) in [6, 6.07) is 5.21. The maximum Gasteiger partial charge on any atom is 0.318 e. The molecule has 7 nitrogen and oxygen atoms in total. The number of aryl methyl sites for hydroxylation is 2. The first kappa shape index (κ1) is 19.2. The third-order valence-corrected chi connectivity index (χ3v) is 5.97. The second kappa shape index (κ2) is 8.30. The van der Waals surface area contributed by atoms with Crippen molar-refractivity contribution in [2.45, 2.75) is 37.3 Å². The molecule has 1 unspecified atom stereocenters. The van der Waals surface area contributed by atoms with E-state index in [0.29, 0.717) is 9.47 Å². The van der Waals surface area contributed by atoms with Crippen molar-refractivity contribution in [2.75, 3.05) is 5.32 Å². The number of nitrogens with two attached hydrogens (primary N) is 1. The first-order chi connectivity index (χ1) is 11.8. The minimum atomic E-state index is -0.856. The molecule has 134 valence electrons. The average Bonchev–Trinajstić information content (AvgIpc) is 2.94. The second-order valence-corrected chi connectivity index (χ2v) is 8.30. The highest BCUT2D eigenvalue weighted by atomic mass is 32.2. The number of carbonyl (C=O) groups excluding carboxylic acids is 2. The smallest absolute Gasteiger partial charge is 0.318 e. The van der Waals surface area contributed by atoms with Crippen molar-refractivity contribution in [1.82, 2.24) is 15.5 Å². The molecule has 0 aliphatic carbocycles. The van der Waals surface area contributed by atoms with E-state index < -0.39 is 17.2 Å². The summed E-state index contributed by atoms with van der Waals surface area (Å²) in [5.41, 5.74) is 8.36. The van der Waals surface area contributed by atoms with Crippen LogP contribution in [0.4, 0.5) is 15.6 Å². The molecule has 4 N–H and O–H groups in total. The number of rotatable bonds is 6. The predicted molar refractivity (Wildman–Crippen MR) is 101 cm³/mol. The third kappa shape index (κ3) is 5.43. The fourth-order valence-electron chi connectivity index (χ4n) is 2.04. The van der Waals surface area contributed by atoms with Crippen LogP contribution in [0.25, 0.3) is 0 Å². The van der Waals surface area contributed by atoms with E-state index >= 15 is 0 Å². The minimum absolute atomic E-state index is 0.00408. The average molecular weight is 380 g/mol. The quantitative estimate of drug-likeness (QED) is 0.665. The van der Waals surface area contributed by atoms with Crippen LogP contribution in [0.2, 0.25) is 0 Å². The Balaban J connectivity index is 2.07. The first-order valence-electron chi connectivity index (χ1n) is 7.71. The van der Waals surface area contributed by atoms with E-state index in [4.69, 9.17) is 5.73 Å². The van der Waals surface area contributed by atoms with Crippen molar-refractivity contribution in [3.63, 3.8) is 0 Å². The molecule has 1 atom stereocenters. The number of nitrogens with zero attached hydrogens (tertiary/aromatic N) is 2. The van der Waals surface area contributed by atoms with E-state index in [1.807, 2.05) is 39.0 Å². The Morgan fingerprint density at radius 1 is 1.20 bits per heavy atom. The minimum Gasteiger partial charge on any atom is -0.351 e. The summed E-state index contributed by atoms with van der Waals surface area (Å²) >= 11 is 2.62. The van der Waals surface area contributed by atoms with Gasteiger partial charge < -0.3 is 11.1 Å². The molecule has 9 heteroatoms. The number of anilines is 2. The Hall–Kier alpha value is -2.13. The standard InChI is InChI=1S/C16H21N5O2S2/c1-8(2)12(13(22)19-14(17)23)24-16-21-20-15(25-16)18-11-6-5-9(3)10(4)7-11/h5-8,12H,1-4H3,(H,18,20)(H3,17,19,22,23). The van der Waals surface area contributed by atoms with Crippen LogP contribution in [0, 0.1) is 19.8 Å². The molecule has 0 saturated carbocycles. The van der Waals surface area contributed by atoms with Gasteiger partial charge >= 0.3 is 6.03 Å². The van der Waals surface area contributed by atoms with Gasteiger partial charge in [-0.05, 0) is 43.0 Å². The summed E-state index contributed by atoms with van der Waals surface area (Å²) in [6.07, 6.45) is 0. The van der Waals surface area contributed by atoms with Crippen LogP contribution in [0.15, 0.2) is 22.5 Å². The van der Waals surface area contributed by atoms with Gasteiger partial charge in [0.1, 0.15) is 0 Å². The van der Waals surface area contributed by atoms with Gasteiger partial charge in [0.2, 0.25) is 11.0 Å². The van der Waals surface area contributed by atoms with Crippen LogP contribution in [0.5, 0.6) is 0 Å². The lowest BCUT2D eigenvalue weighted by Crippen LogP contribution is -2.42. The van der Waals surface area contributed by atoms with Gasteiger partial charge in [0.05, 0.1) is 5.25 Å². The molecule has 1 heterocycles. The van der Waals surface area contributed by atoms with Crippen molar-refractivity contribution in [3.05, 3.63) is 29.3 Å². The molecule has 0 fully saturated rings. The normalized spacial score (nSPS) is 12.0. The SMILES string of the molecule is Cc1ccc(Nc2nnc(SC(C(=O)NC(N)=O)C(C)C)s2)cc1C. The Morgan fingerprint density at radius 2 is 1.92 bits per heavy atom. The fourth-order valence-corrected chi connectivity index (χ4v) is 4.03. The lowest BCUT2D eigenvalue weighted by atomic mass is 10.1. The predicted octanol–water partition coefficient (Wildman–Crippen LogP) is 3.21. The Labute approximate surface area is 154 Å². The highest BCUT2D eigenvalue weighted by molar-refractivity contribution is 8.02. The first-order valence-corrected chi connectivity index (χ1v) is 9.40. The number of nitrogens with one attached hydrogen (secondary N) is 2. The number of primary amides is 1. The summed E-state index contributed by atoms with van der Waals surface area (Å²) in [4.78, 5) is 23.0. The molecule has 2 aromatic rings. The number of hydrogen-bond donors (Lipinski definition) is 3. The monoisotopic (exact) mass is 379 g/mol. The number of thioether (sulfide) groups is 1. The molecule has 0 aliphatic heterocycles. The number of carbonyl (C=O) groups is 2. The summed E-state index contributed by atoms with van der Waals surface area (Å²) in [5, 5.41) is 13.7. The van der Waals surface area contributed by atoms with Gasteiger partial charge in [-0.2, -0.15) is 0 Å². The molecule has 0 spiro atoms. The van der Waals surface area contributed by atoms with Gasteiger partial charge in [0.15, 0.2) is 4.34 Å². The molecule has 1 aromatic heterocycles. The van der Waals surface area contributed by atoms with Crippen LogP contribution < -0.4 is 16.4 Å². The molecule has 0 radical (unpaired) electrons. The highest BCUT2D eigenvalue weighted by Crippen LogP contribution is 2.33. The van der Waals surface area contributed by atoms with Gasteiger partial charge in [0, 0.05) is 5.69 Å². The van der Waals surface area contributed by atoms with Crippen LogP contribution in [0.3, 0.4) is 0 Å². The number of aromatic nitrogens is 2. The molecule has 1 aromatic carbocycles. The second-order valence-electron chi connectivity index (χ2n) is 5.93. The number of amides is 3. The highest BCUT2D eigenvalue weighted by Gasteiger charge is 2.26. The molecular weight excluding hydrogens is 358 g/mol. The van der Waals surface area contributed by atoms with Crippen molar-refractivity contribution in [2.24, 2.45) is 11.7 Å².